The number of amides is 1. The Morgan fingerprint density at radius 3 is 2.79 bits per heavy atom. The highest BCUT2D eigenvalue weighted by molar-refractivity contribution is 5.89. The molecule has 1 heterocycles. The molecule has 0 saturated carbocycles. The molecule has 1 amide bonds. The minimum Gasteiger partial charge on any atom is -0.493 e. The Kier molecular flexibility index (Phi) is 3.97. The van der Waals surface area contributed by atoms with Crippen LogP contribution in [0.1, 0.15) is 6.42 Å². The topological polar surface area (TPSA) is 95.1 Å². The number of hydrogen-bond acceptors (Lipinski definition) is 5. The molecule has 2 aromatic rings. The van der Waals surface area contributed by atoms with E-state index in [0.717, 1.165) is 0 Å². The highest BCUT2D eigenvalue weighted by Crippen LogP contribution is 2.13. The van der Waals surface area contributed by atoms with Crippen molar-refractivity contribution in [2.75, 3.05) is 17.7 Å². The van der Waals surface area contributed by atoms with Gasteiger partial charge in [0.1, 0.15) is 12.1 Å². The van der Waals surface area contributed by atoms with Crippen LogP contribution >= 0.6 is 0 Å². The van der Waals surface area contributed by atoms with Crippen molar-refractivity contribution in [1.29, 1.82) is 0 Å². The summed E-state index contributed by atoms with van der Waals surface area (Å²) in [5.74, 6) is 0.921. The first kappa shape index (κ1) is 12.9. The van der Waals surface area contributed by atoms with Crippen LogP contribution in [0.5, 0.6) is 5.75 Å². The fourth-order valence-corrected chi connectivity index (χ4v) is 1.42. The van der Waals surface area contributed by atoms with Gasteiger partial charge in [-0.2, -0.15) is 10.1 Å². The molecule has 0 fully saturated rings. The van der Waals surface area contributed by atoms with E-state index in [1.165, 1.54) is 11.0 Å². The molecular formula is C12H15N5O2. The largest absolute Gasteiger partial charge is 0.493 e. The lowest BCUT2D eigenvalue weighted by molar-refractivity contribution is -0.116. The van der Waals surface area contributed by atoms with E-state index in [-0.39, 0.29) is 18.9 Å². The van der Waals surface area contributed by atoms with Crippen LogP contribution in [0.15, 0.2) is 30.6 Å². The molecule has 0 atom stereocenters. The number of nitrogens with one attached hydrogen (secondary N) is 1. The van der Waals surface area contributed by atoms with Crippen LogP contribution in [0.2, 0.25) is 0 Å². The minimum atomic E-state index is -0.174. The highest BCUT2D eigenvalue weighted by atomic mass is 16.5. The second-order valence-electron chi connectivity index (χ2n) is 3.92. The molecule has 0 unspecified atom stereocenters. The molecule has 1 aromatic heterocycles. The molecule has 0 spiro atoms. The standard InChI is InChI=1S/C12H15N5O2/c1-17-12(14-8-15-17)16-11(18)6-7-19-10-4-2-9(13)3-5-10/h2-5,8H,6-7,13H2,1H3,(H,14,15,16,18). The summed E-state index contributed by atoms with van der Waals surface area (Å²) in [4.78, 5) is 15.5. The third-order valence-corrected chi connectivity index (χ3v) is 2.44. The van der Waals surface area contributed by atoms with Gasteiger partial charge < -0.3 is 10.5 Å². The Bertz CT molecular complexity index is 550. The molecule has 0 radical (unpaired) electrons. The Labute approximate surface area is 110 Å². The van der Waals surface area contributed by atoms with Crippen molar-refractivity contribution in [3.63, 3.8) is 0 Å². The van der Waals surface area contributed by atoms with Crippen LogP contribution < -0.4 is 15.8 Å². The van der Waals surface area contributed by atoms with Gasteiger partial charge >= 0.3 is 0 Å². The first-order valence-electron chi connectivity index (χ1n) is 5.77. The quantitative estimate of drug-likeness (QED) is 0.776. The van der Waals surface area contributed by atoms with E-state index in [4.69, 9.17) is 10.5 Å². The van der Waals surface area contributed by atoms with Crippen LogP contribution in [0.3, 0.4) is 0 Å². The molecule has 7 heteroatoms. The van der Waals surface area contributed by atoms with Crippen molar-refractivity contribution in [1.82, 2.24) is 14.8 Å². The zero-order valence-corrected chi connectivity index (χ0v) is 10.5. The smallest absolute Gasteiger partial charge is 0.230 e. The Morgan fingerprint density at radius 2 is 2.16 bits per heavy atom. The average Bonchev–Trinajstić information content (AvgIpc) is 2.78. The molecule has 1 aromatic carbocycles. The monoisotopic (exact) mass is 261 g/mol. The third-order valence-electron chi connectivity index (χ3n) is 2.44. The number of aromatic nitrogens is 3. The van der Waals surface area contributed by atoms with E-state index >= 15 is 0 Å². The summed E-state index contributed by atoms with van der Waals surface area (Å²) < 4.78 is 6.91. The maximum Gasteiger partial charge on any atom is 0.230 e. The highest BCUT2D eigenvalue weighted by Gasteiger charge is 2.06. The summed E-state index contributed by atoms with van der Waals surface area (Å²) >= 11 is 0. The molecule has 100 valence electrons. The van der Waals surface area contributed by atoms with E-state index in [1.54, 1.807) is 31.3 Å². The van der Waals surface area contributed by atoms with Gasteiger partial charge in [-0.3, -0.25) is 10.1 Å². The van der Waals surface area contributed by atoms with Gasteiger partial charge in [-0.15, -0.1) is 0 Å². The van der Waals surface area contributed by atoms with Gasteiger partial charge in [0.25, 0.3) is 0 Å². The van der Waals surface area contributed by atoms with Crippen molar-refractivity contribution in [3.05, 3.63) is 30.6 Å². The van der Waals surface area contributed by atoms with Gasteiger partial charge in [0, 0.05) is 12.7 Å². The second-order valence-corrected chi connectivity index (χ2v) is 3.92. The Morgan fingerprint density at radius 1 is 1.42 bits per heavy atom. The molecule has 2 rings (SSSR count). The molecular weight excluding hydrogens is 246 g/mol. The molecule has 3 N–H and O–H groups in total. The van der Waals surface area contributed by atoms with Crippen molar-refractivity contribution in [2.45, 2.75) is 6.42 Å². The van der Waals surface area contributed by atoms with E-state index in [2.05, 4.69) is 15.4 Å². The minimum absolute atomic E-state index is 0.174. The number of nitrogens with two attached hydrogens (primary N) is 1. The normalized spacial score (nSPS) is 10.2. The van der Waals surface area contributed by atoms with Gasteiger partial charge in [0.15, 0.2) is 0 Å². The summed E-state index contributed by atoms with van der Waals surface area (Å²) in [6.45, 7) is 0.285. The lowest BCUT2D eigenvalue weighted by Gasteiger charge is -2.06. The van der Waals surface area contributed by atoms with Crippen molar-refractivity contribution in [2.24, 2.45) is 7.05 Å². The summed E-state index contributed by atoms with van der Waals surface area (Å²) in [5.41, 5.74) is 6.23. The zero-order valence-electron chi connectivity index (χ0n) is 10.5. The maximum atomic E-state index is 11.6. The SMILES string of the molecule is Cn1ncnc1NC(=O)CCOc1ccc(N)cc1. The van der Waals surface area contributed by atoms with E-state index in [0.29, 0.717) is 17.4 Å². The van der Waals surface area contributed by atoms with Crippen LogP contribution in [-0.4, -0.2) is 27.3 Å². The van der Waals surface area contributed by atoms with Gasteiger partial charge in [0.2, 0.25) is 11.9 Å². The molecule has 0 aliphatic rings. The van der Waals surface area contributed by atoms with Crippen LogP contribution in [-0.2, 0) is 11.8 Å². The van der Waals surface area contributed by atoms with Gasteiger partial charge in [-0.05, 0) is 24.3 Å². The first-order valence-corrected chi connectivity index (χ1v) is 5.77. The molecule has 0 saturated heterocycles. The summed E-state index contributed by atoms with van der Waals surface area (Å²) in [7, 11) is 1.70. The summed E-state index contributed by atoms with van der Waals surface area (Å²) in [5, 5.41) is 6.49. The Hall–Kier alpha value is -2.57. The van der Waals surface area contributed by atoms with E-state index < -0.39 is 0 Å². The third kappa shape index (κ3) is 3.70. The average molecular weight is 261 g/mol. The van der Waals surface area contributed by atoms with E-state index in [9.17, 15) is 4.79 Å². The van der Waals surface area contributed by atoms with Crippen molar-refractivity contribution < 1.29 is 9.53 Å². The van der Waals surface area contributed by atoms with Crippen LogP contribution in [0.4, 0.5) is 11.6 Å². The number of nitrogen functional groups attached to an aromatic ring is 1. The second kappa shape index (κ2) is 5.85. The first-order chi connectivity index (χ1) is 9.15. The number of anilines is 2. The lowest BCUT2D eigenvalue weighted by atomic mass is 10.3. The molecule has 0 aliphatic heterocycles. The molecule has 19 heavy (non-hydrogen) atoms. The number of nitrogens with zero attached hydrogens (tertiary/aromatic N) is 3. The molecule has 0 aliphatic carbocycles. The zero-order chi connectivity index (χ0) is 13.7. The number of hydrogen-bond donors (Lipinski definition) is 2. The maximum absolute atomic E-state index is 11.6. The summed E-state index contributed by atoms with van der Waals surface area (Å²) in [6.07, 6.45) is 1.61. The number of benzene rings is 1. The predicted octanol–water partition coefficient (Wildman–Crippen LogP) is 0.805. The molecule has 0 bridgehead atoms. The predicted molar refractivity (Wildman–Crippen MR) is 70.6 cm³/mol. The number of aryl methyl sites for hydroxylation is 1. The van der Waals surface area contributed by atoms with Crippen molar-refractivity contribution in [3.8, 4) is 5.75 Å². The van der Waals surface area contributed by atoms with Crippen molar-refractivity contribution >= 4 is 17.5 Å². The van der Waals surface area contributed by atoms with Crippen LogP contribution in [0.25, 0.3) is 0 Å². The molecule has 7 nitrogen and oxygen atoms in total. The van der Waals surface area contributed by atoms with Gasteiger partial charge in [-0.1, -0.05) is 0 Å². The number of carbonyl (C=O) groups excluding carboxylic acids is 1. The van der Waals surface area contributed by atoms with Crippen LogP contribution in [0, 0.1) is 0 Å². The lowest BCUT2D eigenvalue weighted by Crippen LogP contribution is -2.17. The number of ether oxygens (including phenoxy) is 1. The number of rotatable bonds is 5. The fraction of sp³-hybridized carbons (Fsp3) is 0.250. The summed E-state index contributed by atoms with van der Waals surface area (Å²) in [6, 6.07) is 7.01. The van der Waals surface area contributed by atoms with Gasteiger partial charge in [0.05, 0.1) is 13.0 Å². The van der Waals surface area contributed by atoms with Gasteiger partial charge in [-0.25, -0.2) is 4.68 Å². The number of carbonyl (C=O) groups is 1. The Balaban J connectivity index is 1.75. The fourth-order valence-electron chi connectivity index (χ4n) is 1.42. The van der Waals surface area contributed by atoms with E-state index in [1.807, 2.05) is 0 Å².